The molecule has 0 aliphatic heterocycles. The fraction of sp³-hybridized carbons (Fsp3) is 0. The molecule has 0 spiro atoms. The van der Waals surface area contributed by atoms with Gasteiger partial charge in [-0.1, -0.05) is 0 Å². The van der Waals surface area contributed by atoms with Crippen LogP contribution in [0.1, 0.15) is 0 Å². The number of hydrogen-bond acceptors (Lipinski definition) is 1. The third-order valence-electron chi connectivity index (χ3n) is 0.911. The van der Waals surface area contributed by atoms with Crippen LogP contribution in [0.5, 0.6) is 0 Å². The second-order valence-electron chi connectivity index (χ2n) is 1.45. The van der Waals surface area contributed by atoms with Crippen molar-refractivity contribution in [2.24, 2.45) is 3.65 Å². The molecule has 1 rings (SSSR count). The van der Waals surface area contributed by atoms with Gasteiger partial charge in [0.05, 0.1) is 0 Å². The molecule has 2 heteroatoms. The van der Waals surface area contributed by atoms with Gasteiger partial charge in [0.1, 0.15) is 0 Å². The molecule has 0 fully saturated rings. The molecule has 8 heavy (non-hydrogen) atoms. The average Bonchev–Trinajstić information content (AvgIpc) is 2.14. The van der Waals surface area contributed by atoms with Gasteiger partial charge in [0.15, 0.2) is 0 Å². The molecule has 1 nitrogen and oxygen atoms in total. The van der Waals surface area contributed by atoms with Crippen molar-refractivity contribution >= 4 is 0 Å². The van der Waals surface area contributed by atoms with Crippen molar-refractivity contribution in [2.75, 3.05) is 0 Å². The Kier molecular flexibility index (Phi) is 1.65. The van der Waals surface area contributed by atoms with E-state index in [9.17, 15) is 0 Å². The fourth-order valence-corrected chi connectivity index (χ4v) is 1.01. The summed E-state index contributed by atoms with van der Waals surface area (Å²) in [7, 11) is 0. The maximum atomic E-state index is 5.46. The molecule has 1 aliphatic rings. The Morgan fingerprint density at radius 1 is 1.62 bits per heavy atom. The van der Waals surface area contributed by atoms with Gasteiger partial charge in [0, 0.05) is 0 Å². The first-order chi connectivity index (χ1) is 3.84. The van der Waals surface area contributed by atoms with Gasteiger partial charge in [-0.15, -0.1) is 0 Å². The molecule has 0 aromatic carbocycles. The van der Waals surface area contributed by atoms with Gasteiger partial charge >= 0.3 is 58.1 Å². The van der Waals surface area contributed by atoms with Crippen LogP contribution in [-0.4, -0.2) is 0 Å². The Morgan fingerprint density at radius 2 is 2.38 bits per heavy atom. The summed E-state index contributed by atoms with van der Waals surface area (Å²) in [5.41, 5.74) is 1.66. The molecule has 0 amide bonds. The first kappa shape index (κ1) is 5.79. The molecule has 0 bridgehead atoms. The molecule has 0 saturated carbocycles. The Hall–Kier alpha value is -0.344. The van der Waals surface area contributed by atoms with Crippen LogP contribution in [0.15, 0.2) is 33.1 Å². The number of rotatable bonds is 1. The third-order valence-corrected chi connectivity index (χ3v) is 1.52. The van der Waals surface area contributed by atoms with Gasteiger partial charge < -0.3 is 0 Å². The maximum absolute atomic E-state index is 5.46. The second kappa shape index (κ2) is 2.28. The molecule has 1 aliphatic carbocycles. The zero-order valence-corrected chi connectivity index (χ0v) is 6.65. The first-order valence-corrected chi connectivity index (χ1v) is 3.30. The van der Waals surface area contributed by atoms with E-state index in [0.717, 1.165) is 11.3 Å². The topological polar surface area (TPSA) is 12.4 Å². The molecule has 0 heterocycles. The monoisotopic (exact) mass is 282 g/mol. The zero-order valence-electron chi connectivity index (χ0n) is 4.11. The zero-order chi connectivity index (χ0) is 5.98. The van der Waals surface area contributed by atoms with Gasteiger partial charge in [0.2, 0.25) is 0 Å². The summed E-state index contributed by atoms with van der Waals surface area (Å²) in [6, 6.07) is 0. The normalized spacial score (nSPS) is 16.6. The number of allylic oxidation sites excluding steroid dienone is 3. The van der Waals surface area contributed by atoms with E-state index in [4.69, 9.17) is 6.58 Å². The molecule has 42 valence electrons. The van der Waals surface area contributed by atoms with Crippen molar-refractivity contribution < 1.29 is 18.4 Å². The third kappa shape index (κ3) is 0.903. The molecule has 0 unspecified atom stereocenters. The van der Waals surface area contributed by atoms with Gasteiger partial charge in [-0.05, 0) is 0 Å². The molecule has 0 aromatic rings. The fourth-order valence-electron chi connectivity index (χ4n) is 0.497. The molecular weight excluding hydrogens is 276 g/mol. The summed E-state index contributed by atoms with van der Waals surface area (Å²) in [6.45, 7) is 5.46. The van der Waals surface area contributed by atoms with Crippen molar-refractivity contribution in [3.05, 3.63) is 36.1 Å². The summed E-state index contributed by atoms with van der Waals surface area (Å²) in [5.74, 6) is 0. The molecule has 0 N–H and O–H groups in total. The number of nitrogens with zero attached hydrogens (tertiary/aromatic N) is 1. The van der Waals surface area contributed by atoms with Crippen LogP contribution >= 0.6 is 0 Å². The summed E-state index contributed by atoms with van der Waals surface area (Å²) in [6.07, 6.45) is 5.62. The Bertz CT molecular complexity index is 189. The standard InChI is InChI=1S/C6H4N.Os/c1-5-3-2-4-6(5)7;/h1-4H;/q-1;. The number of hydrogen-bond donors (Lipinski definition) is 0. The van der Waals surface area contributed by atoms with Gasteiger partial charge in [0.25, 0.3) is 0 Å². The molecule has 0 atom stereocenters. The first-order valence-electron chi connectivity index (χ1n) is 2.16. The summed E-state index contributed by atoms with van der Waals surface area (Å²) in [5, 5.41) is 0. The predicted octanol–water partition coefficient (Wildman–Crippen LogP) is 1.53. The minimum atomic E-state index is 0.764. The average molecular weight is 280 g/mol. The SMILES string of the molecule is [CH-]=C1C=CC=C1[N]=[Os]. The van der Waals surface area contributed by atoms with E-state index in [2.05, 4.69) is 3.65 Å². The molecular formula is C6H4NOs-. The van der Waals surface area contributed by atoms with Crippen molar-refractivity contribution in [1.29, 1.82) is 0 Å². The van der Waals surface area contributed by atoms with Crippen LogP contribution in [0, 0.1) is 6.58 Å². The van der Waals surface area contributed by atoms with E-state index < -0.39 is 0 Å². The van der Waals surface area contributed by atoms with Gasteiger partial charge in [-0.2, -0.15) is 0 Å². The van der Waals surface area contributed by atoms with Crippen molar-refractivity contribution in [3.8, 4) is 0 Å². The van der Waals surface area contributed by atoms with E-state index >= 15 is 0 Å². The predicted molar refractivity (Wildman–Crippen MR) is 27.5 cm³/mol. The quantitative estimate of drug-likeness (QED) is 0.646. The molecule has 0 saturated heterocycles. The van der Waals surface area contributed by atoms with E-state index in [1.807, 2.05) is 18.2 Å². The Balaban J connectivity index is 2.88. The Labute approximate surface area is 58.5 Å². The van der Waals surface area contributed by atoms with E-state index in [1.54, 1.807) is 18.4 Å². The van der Waals surface area contributed by atoms with E-state index in [-0.39, 0.29) is 0 Å². The molecule has 0 radical (unpaired) electrons. The van der Waals surface area contributed by atoms with Crippen molar-refractivity contribution in [1.82, 2.24) is 0 Å². The van der Waals surface area contributed by atoms with Crippen LogP contribution in [0.4, 0.5) is 0 Å². The summed E-state index contributed by atoms with van der Waals surface area (Å²) >= 11 is 1.55. The van der Waals surface area contributed by atoms with Crippen LogP contribution < -0.4 is 0 Å². The van der Waals surface area contributed by atoms with Crippen LogP contribution in [0.3, 0.4) is 0 Å². The summed E-state index contributed by atoms with van der Waals surface area (Å²) in [4.78, 5) is 0. The van der Waals surface area contributed by atoms with Gasteiger partial charge in [-0.3, -0.25) is 0 Å². The minimum absolute atomic E-state index is 0.764. The van der Waals surface area contributed by atoms with Crippen LogP contribution in [-0.2, 0) is 18.4 Å². The Morgan fingerprint density at radius 3 is 2.62 bits per heavy atom. The molecule has 0 aromatic heterocycles. The van der Waals surface area contributed by atoms with Crippen molar-refractivity contribution in [3.63, 3.8) is 0 Å². The van der Waals surface area contributed by atoms with Crippen LogP contribution in [0.25, 0.3) is 0 Å². The van der Waals surface area contributed by atoms with Gasteiger partial charge in [-0.25, -0.2) is 0 Å². The second-order valence-corrected chi connectivity index (χ2v) is 2.01. The van der Waals surface area contributed by atoms with Crippen LogP contribution in [0.2, 0.25) is 0 Å². The van der Waals surface area contributed by atoms with Crippen molar-refractivity contribution in [2.45, 2.75) is 0 Å². The van der Waals surface area contributed by atoms with E-state index in [1.165, 1.54) is 0 Å². The van der Waals surface area contributed by atoms with E-state index in [0.29, 0.717) is 0 Å². The summed E-state index contributed by atoms with van der Waals surface area (Å²) < 4.78 is 3.93.